The molecule has 2 heterocycles. The highest BCUT2D eigenvalue weighted by atomic mass is 16.4. The quantitative estimate of drug-likeness (QED) is 0.900. The van der Waals surface area contributed by atoms with Gasteiger partial charge >= 0.3 is 5.97 Å². The Morgan fingerprint density at radius 3 is 2.67 bits per heavy atom. The zero-order chi connectivity index (χ0) is 15.6. The van der Waals surface area contributed by atoms with Crippen molar-refractivity contribution < 1.29 is 9.90 Å². The highest BCUT2D eigenvalue weighted by Crippen LogP contribution is 2.26. The first kappa shape index (κ1) is 15.8. The molecule has 0 radical (unpaired) electrons. The molecule has 1 saturated heterocycles. The zero-order valence-electron chi connectivity index (χ0n) is 13.3. The van der Waals surface area contributed by atoms with Crippen LogP contribution in [0.5, 0.6) is 0 Å². The minimum atomic E-state index is -0.882. The van der Waals surface area contributed by atoms with Crippen molar-refractivity contribution in [2.75, 3.05) is 32.1 Å². The van der Waals surface area contributed by atoms with E-state index >= 15 is 0 Å². The van der Waals surface area contributed by atoms with E-state index in [1.54, 1.807) is 12.1 Å². The molecule has 0 saturated carbocycles. The van der Waals surface area contributed by atoms with Gasteiger partial charge in [-0.15, -0.1) is 0 Å². The molecule has 0 bridgehead atoms. The summed E-state index contributed by atoms with van der Waals surface area (Å²) in [5, 5.41) is 9.28. The van der Waals surface area contributed by atoms with Crippen molar-refractivity contribution in [1.82, 2.24) is 9.88 Å². The van der Waals surface area contributed by atoms with Gasteiger partial charge in [-0.2, -0.15) is 0 Å². The first-order valence-electron chi connectivity index (χ1n) is 7.58. The predicted octanol–water partition coefficient (Wildman–Crippen LogP) is 2.12. The fourth-order valence-electron chi connectivity index (χ4n) is 3.05. The average Bonchev–Trinajstić information content (AvgIpc) is 2.81. The molecule has 1 aliphatic heterocycles. The fraction of sp³-hybridized carbons (Fsp3) is 0.625. The van der Waals surface area contributed by atoms with Gasteiger partial charge in [-0.25, -0.2) is 9.78 Å². The Morgan fingerprint density at radius 1 is 1.43 bits per heavy atom. The molecular formula is C16H25N3O2. The van der Waals surface area contributed by atoms with Crippen molar-refractivity contribution in [1.29, 1.82) is 0 Å². The van der Waals surface area contributed by atoms with Crippen LogP contribution in [0.2, 0.25) is 0 Å². The van der Waals surface area contributed by atoms with E-state index < -0.39 is 5.97 Å². The van der Waals surface area contributed by atoms with Crippen LogP contribution in [-0.2, 0) is 6.42 Å². The van der Waals surface area contributed by atoms with Crippen molar-refractivity contribution in [3.63, 3.8) is 0 Å². The molecule has 0 amide bonds. The summed E-state index contributed by atoms with van der Waals surface area (Å²) in [5.74, 6) is 0.465. The van der Waals surface area contributed by atoms with E-state index in [2.05, 4.69) is 42.7 Å². The molecule has 116 valence electrons. The molecule has 0 aliphatic carbocycles. The Bertz CT molecular complexity index is 516. The molecule has 1 N–H and O–H groups in total. The van der Waals surface area contributed by atoms with E-state index in [0.29, 0.717) is 17.5 Å². The van der Waals surface area contributed by atoms with Crippen LogP contribution in [0.25, 0.3) is 0 Å². The molecule has 0 spiro atoms. The number of hydrogen-bond donors (Lipinski definition) is 1. The third-order valence-electron chi connectivity index (χ3n) is 4.18. The van der Waals surface area contributed by atoms with E-state index in [1.807, 2.05) is 0 Å². The number of carbonyl (C=O) groups is 1. The Balaban J connectivity index is 2.29. The summed E-state index contributed by atoms with van der Waals surface area (Å²) in [6, 6.07) is 3.87. The number of aromatic carboxylic acids is 1. The molecule has 1 fully saturated rings. The minimum absolute atomic E-state index is 0.337. The normalized spacial score (nSPS) is 22.0. The van der Waals surface area contributed by atoms with Gasteiger partial charge in [0.1, 0.15) is 5.82 Å². The first-order valence-corrected chi connectivity index (χ1v) is 7.58. The number of pyridine rings is 1. The van der Waals surface area contributed by atoms with Crippen molar-refractivity contribution in [2.24, 2.45) is 5.92 Å². The summed E-state index contributed by atoms with van der Waals surface area (Å²) < 4.78 is 0. The lowest BCUT2D eigenvalue weighted by Crippen LogP contribution is -2.34. The number of anilines is 1. The Kier molecular flexibility index (Phi) is 4.83. The monoisotopic (exact) mass is 291 g/mol. The van der Waals surface area contributed by atoms with Crippen LogP contribution in [0.15, 0.2) is 12.1 Å². The number of hydrogen-bond acceptors (Lipinski definition) is 4. The average molecular weight is 291 g/mol. The maximum atomic E-state index is 11.3. The highest BCUT2D eigenvalue weighted by molar-refractivity contribution is 5.88. The number of aromatic nitrogens is 1. The van der Waals surface area contributed by atoms with Gasteiger partial charge in [-0.05, 0) is 38.6 Å². The summed E-state index contributed by atoms with van der Waals surface area (Å²) in [5.41, 5.74) is 1.21. The van der Waals surface area contributed by atoms with E-state index in [1.165, 1.54) is 0 Å². The Morgan fingerprint density at radius 2 is 2.14 bits per heavy atom. The molecule has 1 aliphatic rings. The molecule has 0 aromatic carbocycles. The number of likely N-dealkylation sites (N-methyl/N-ethyl adjacent to an activating group) is 1. The van der Waals surface area contributed by atoms with E-state index in [9.17, 15) is 9.90 Å². The fourth-order valence-corrected chi connectivity index (χ4v) is 3.05. The summed E-state index contributed by atoms with van der Waals surface area (Å²) in [6.07, 6.45) is 1.78. The number of nitrogens with zero attached hydrogens (tertiary/aromatic N) is 3. The number of carboxylic acids is 1. The lowest BCUT2D eigenvalue weighted by atomic mass is 10.1. The van der Waals surface area contributed by atoms with E-state index in [4.69, 9.17) is 0 Å². The van der Waals surface area contributed by atoms with Crippen molar-refractivity contribution in [3.8, 4) is 0 Å². The lowest BCUT2D eigenvalue weighted by molar-refractivity contribution is 0.0696. The number of rotatable bonds is 5. The van der Waals surface area contributed by atoms with Crippen LogP contribution < -0.4 is 4.90 Å². The van der Waals surface area contributed by atoms with Crippen LogP contribution in [0.1, 0.15) is 36.3 Å². The smallest absolute Gasteiger partial charge is 0.335 e. The van der Waals surface area contributed by atoms with E-state index in [0.717, 1.165) is 37.4 Å². The molecule has 5 nitrogen and oxygen atoms in total. The second kappa shape index (κ2) is 6.43. The SMILES string of the molecule is CCCc1cc(C(=O)O)cc(N2CC(C)C(N(C)C)C2)n1. The molecule has 2 atom stereocenters. The third-order valence-corrected chi connectivity index (χ3v) is 4.18. The molecule has 21 heavy (non-hydrogen) atoms. The standard InChI is InChI=1S/C16H25N3O2/c1-5-6-13-7-12(16(20)21)8-15(17-13)19-9-11(2)14(10-19)18(3)4/h7-8,11,14H,5-6,9-10H2,1-4H3,(H,20,21). The number of carboxylic acid groups (broad SMARTS) is 1. The van der Waals surface area contributed by atoms with Crippen molar-refractivity contribution >= 4 is 11.8 Å². The number of aryl methyl sites for hydroxylation is 1. The lowest BCUT2D eigenvalue weighted by Gasteiger charge is -2.23. The summed E-state index contributed by atoms with van der Waals surface area (Å²) in [6.45, 7) is 6.13. The van der Waals surface area contributed by atoms with Gasteiger partial charge < -0.3 is 14.9 Å². The molecule has 1 aromatic heterocycles. The molecular weight excluding hydrogens is 266 g/mol. The van der Waals surface area contributed by atoms with Crippen LogP contribution in [0, 0.1) is 5.92 Å². The Labute approximate surface area is 126 Å². The van der Waals surface area contributed by atoms with Gasteiger partial charge in [0.25, 0.3) is 0 Å². The zero-order valence-corrected chi connectivity index (χ0v) is 13.3. The van der Waals surface area contributed by atoms with E-state index in [-0.39, 0.29) is 0 Å². The van der Waals surface area contributed by atoms with Crippen molar-refractivity contribution in [3.05, 3.63) is 23.4 Å². The maximum absolute atomic E-state index is 11.3. The topological polar surface area (TPSA) is 56.7 Å². The minimum Gasteiger partial charge on any atom is -0.478 e. The molecule has 1 aromatic rings. The largest absolute Gasteiger partial charge is 0.478 e. The predicted molar refractivity (Wildman–Crippen MR) is 84.0 cm³/mol. The van der Waals surface area contributed by atoms with Gasteiger partial charge in [0.15, 0.2) is 0 Å². The highest BCUT2D eigenvalue weighted by Gasteiger charge is 2.32. The molecule has 5 heteroatoms. The van der Waals surface area contributed by atoms with Crippen LogP contribution >= 0.6 is 0 Å². The molecule has 2 rings (SSSR count). The third kappa shape index (κ3) is 3.53. The molecule has 2 unspecified atom stereocenters. The summed E-state index contributed by atoms with van der Waals surface area (Å²) in [7, 11) is 4.18. The Hall–Kier alpha value is -1.62. The van der Waals surface area contributed by atoms with Crippen LogP contribution in [0.3, 0.4) is 0 Å². The van der Waals surface area contributed by atoms with Gasteiger partial charge in [0, 0.05) is 24.8 Å². The van der Waals surface area contributed by atoms with Gasteiger partial charge in [0.2, 0.25) is 0 Å². The van der Waals surface area contributed by atoms with Gasteiger partial charge in [-0.1, -0.05) is 20.3 Å². The maximum Gasteiger partial charge on any atom is 0.335 e. The summed E-state index contributed by atoms with van der Waals surface area (Å²) >= 11 is 0. The van der Waals surface area contributed by atoms with Gasteiger partial charge in [-0.3, -0.25) is 0 Å². The second-order valence-electron chi connectivity index (χ2n) is 6.17. The first-order chi connectivity index (χ1) is 9.92. The van der Waals surface area contributed by atoms with Crippen LogP contribution in [-0.4, -0.2) is 54.2 Å². The van der Waals surface area contributed by atoms with Crippen molar-refractivity contribution in [2.45, 2.75) is 32.7 Å². The summed E-state index contributed by atoms with van der Waals surface area (Å²) in [4.78, 5) is 20.4. The van der Waals surface area contributed by atoms with Gasteiger partial charge in [0.05, 0.1) is 5.56 Å². The van der Waals surface area contributed by atoms with Crippen LogP contribution in [0.4, 0.5) is 5.82 Å². The second-order valence-corrected chi connectivity index (χ2v) is 6.17.